The van der Waals surface area contributed by atoms with Crippen LogP contribution in [0.25, 0.3) is 0 Å². The molecule has 0 amide bonds. The van der Waals surface area contributed by atoms with Crippen LogP contribution in [-0.4, -0.2) is 39.3 Å². The van der Waals surface area contributed by atoms with E-state index in [1.165, 1.54) is 23.1 Å². The van der Waals surface area contributed by atoms with E-state index in [9.17, 15) is 9.59 Å². The van der Waals surface area contributed by atoms with E-state index in [2.05, 4.69) is 20.5 Å². The first-order valence-electron chi connectivity index (χ1n) is 9.09. The van der Waals surface area contributed by atoms with Crippen LogP contribution in [0.1, 0.15) is 44.6 Å². The van der Waals surface area contributed by atoms with Gasteiger partial charge in [0.15, 0.2) is 10.1 Å². The van der Waals surface area contributed by atoms with Crippen molar-refractivity contribution in [2.24, 2.45) is 0 Å². The highest BCUT2D eigenvalue weighted by Gasteiger charge is 2.23. The SMILES string of the molecule is CCOC(=O)c1c(C)[nH]c(C(=O)CSc2nnc(Nc3ccccc3C)s2)c1C. The predicted octanol–water partition coefficient (Wildman–Crippen LogP) is 4.69. The number of rotatable bonds is 8. The van der Waals surface area contributed by atoms with Crippen LogP contribution in [-0.2, 0) is 4.74 Å². The summed E-state index contributed by atoms with van der Waals surface area (Å²) in [6.07, 6.45) is 0. The van der Waals surface area contributed by atoms with Gasteiger partial charge in [-0.25, -0.2) is 4.79 Å². The molecule has 9 heteroatoms. The Balaban J connectivity index is 1.65. The molecule has 0 bridgehead atoms. The van der Waals surface area contributed by atoms with Crippen LogP contribution in [0.4, 0.5) is 10.8 Å². The Morgan fingerprint density at radius 3 is 2.69 bits per heavy atom. The number of benzene rings is 1. The lowest BCUT2D eigenvalue weighted by molar-refractivity contribution is 0.0525. The summed E-state index contributed by atoms with van der Waals surface area (Å²) in [6, 6.07) is 7.93. The number of hydrogen-bond donors (Lipinski definition) is 2. The van der Waals surface area contributed by atoms with E-state index in [1.54, 1.807) is 20.8 Å². The van der Waals surface area contributed by atoms with Crippen molar-refractivity contribution in [1.29, 1.82) is 0 Å². The summed E-state index contributed by atoms with van der Waals surface area (Å²) in [5.41, 5.74) is 4.20. The Hall–Kier alpha value is -2.65. The molecule has 0 aliphatic heterocycles. The molecule has 3 aromatic rings. The van der Waals surface area contributed by atoms with Crippen molar-refractivity contribution in [3.05, 3.63) is 52.3 Å². The number of ether oxygens (including phenoxy) is 1. The Kier molecular flexibility index (Phi) is 6.71. The number of thioether (sulfide) groups is 1. The molecule has 0 fully saturated rings. The Labute approximate surface area is 177 Å². The summed E-state index contributed by atoms with van der Waals surface area (Å²) in [6.45, 7) is 7.57. The molecule has 0 aliphatic carbocycles. The van der Waals surface area contributed by atoms with Crippen molar-refractivity contribution in [2.75, 3.05) is 17.7 Å². The van der Waals surface area contributed by atoms with Gasteiger partial charge in [0.1, 0.15) is 0 Å². The van der Waals surface area contributed by atoms with Crippen LogP contribution >= 0.6 is 23.1 Å². The fourth-order valence-corrected chi connectivity index (χ4v) is 4.52. The van der Waals surface area contributed by atoms with Gasteiger partial charge in [-0.2, -0.15) is 0 Å². The zero-order valence-electron chi connectivity index (χ0n) is 16.7. The van der Waals surface area contributed by atoms with E-state index < -0.39 is 5.97 Å². The molecule has 2 N–H and O–H groups in total. The maximum Gasteiger partial charge on any atom is 0.340 e. The topological polar surface area (TPSA) is 97.0 Å². The number of hydrogen-bond acceptors (Lipinski definition) is 8. The van der Waals surface area contributed by atoms with Crippen molar-refractivity contribution < 1.29 is 14.3 Å². The Morgan fingerprint density at radius 2 is 1.97 bits per heavy atom. The molecule has 7 nitrogen and oxygen atoms in total. The van der Waals surface area contributed by atoms with Gasteiger partial charge in [-0.15, -0.1) is 10.2 Å². The lowest BCUT2D eigenvalue weighted by Gasteiger charge is -2.04. The van der Waals surface area contributed by atoms with Crippen LogP contribution in [0.3, 0.4) is 0 Å². The molecule has 3 rings (SSSR count). The first kappa shape index (κ1) is 21.1. The average molecular weight is 431 g/mol. The predicted molar refractivity (Wildman–Crippen MR) is 116 cm³/mol. The van der Waals surface area contributed by atoms with E-state index in [0.29, 0.717) is 32.0 Å². The van der Waals surface area contributed by atoms with Crippen molar-refractivity contribution in [2.45, 2.75) is 32.0 Å². The van der Waals surface area contributed by atoms with Gasteiger partial charge in [-0.05, 0) is 44.9 Å². The van der Waals surface area contributed by atoms with Crippen LogP contribution in [0.5, 0.6) is 0 Å². The number of nitrogens with zero attached hydrogens (tertiary/aromatic N) is 2. The smallest absolute Gasteiger partial charge is 0.340 e. The largest absolute Gasteiger partial charge is 0.462 e. The number of nitrogens with one attached hydrogen (secondary N) is 2. The molecule has 2 aromatic heterocycles. The number of aromatic amines is 1. The highest BCUT2D eigenvalue weighted by Crippen LogP contribution is 2.29. The quantitative estimate of drug-likeness (QED) is 0.304. The van der Waals surface area contributed by atoms with Crippen molar-refractivity contribution in [3.8, 4) is 0 Å². The summed E-state index contributed by atoms with van der Waals surface area (Å²) in [7, 11) is 0. The molecular formula is C20H22N4O3S2. The monoisotopic (exact) mass is 430 g/mol. The highest BCUT2D eigenvalue weighted by atomic mass is 32.2. The van der Waals surface area contributed by atoms with Gasteiger partial charge in [0.05, 0.1) is 23.6 Å². The maximum atomic E-state index is 12.7. The number of aromatic nitrogens is 3. The number of Topliss-reactive ketones (excluding diaryl/α,β-unsaturated/α-hetero) is 1. The molecule has 0 atom stereocenters. The second-order valence-electron chi connectivity index (χ2n) is 6.37. The van der Waals surface area contributed by atoms with Gasteiger partial charge >= 0.3 is 5.97 Å². The zero-order chi connectivity index (χ0) is 21.0. The fourth-order valence-electron chi connectivity index (χ4n) is 2.88. The third-order valence-electron chi connectivity index (χ3n) is 4.32. The van der Waals surface area contributed by atoms with Gasteiger partial charge < -0.3 is 15.0 Å². The second-order valence-corrected chi connectivity index (χ2v) is 8.57. The summed E-state index contributed by atoms with van der Waals surface area (Å²) in [5.74, 6) is -0.321. The van der Waals surface area contributed by atoms with Crippen molar-refractivity contribution >= 4 is 45.7 Å². The molecule has 0 unspecified atom stereocenters. The number of carbonyl (C=O) groups excluding carboxylic acids is 2. The molecular weight excluding hydrogens is 408 g/mol. The molecule has 0 radical (unpaired) electrons. The van der Waals surface area contributed by atoms with Crippen LogP contribution in [0.15, 0.2) is 28.6 Å². The minimum absolute atomic E-state index is 0.102. The number of para-hydroxylation sites is 1. The number of aryl methyl sites for hydroxylation is 2. The Bertz CT molecular complexity index is 1040. The molecule has 29 heavy (non-hydrogen) atoms. The maximum absolute atomic E-state index is 12.7. The molecule has 2 heterocycles. The molecule has 0 saturated heterocycles. The first-order valence-corrected chi connectivity index (χ1v) is 10.9. The summed E-state index contributed by atoms with van der Waals surface area (Å²) in [5, 5.41) is 12.2. The number of H-pyrrole nitrogens is 1. The number of carbonyl (C=O) groups is 2. The van der Waals surface area contributed by atoms with E-state index in [1.807, 2.05) is 31.2 Å². The standard InChI is InChI=1S/C20H22N4O3S2/c1-5-27-18(26)16-12(3)17(21-13(16)4)15(25)10-28-20-24-23-19(29-20)22-14-9-7-6-8-11(14)2/h6-9,21H,5,10H2,1-4H3,(H,22,23). The minimum atomic E-state index is -0.415. The van der Waals surface area contributed by atoms with Gasteiger partial charge in [0, 0.05) is 11.4 Å². The summed E-state index contributed by atoms with van der Waals surface area (Å²) < 4.78 is 5.77. The van der Waals surface area contributed by atoms with E-state index in [0.717, 1.165) is 11.3 Å². The average Bonchev–Trinajstić information content (AvgIpc) is 3.25. The first-order chi connectivity index (χ1) is 13.9. The normalized spacial score (nSPS) is 10.8. The van der Waals surface area contributed by atoms with Gasteiger partial charge in [0.2, 0.25) is 5.13 Å². The van der Waals surface area contributed by atoms with E-state index in [-0.39, 0.29) is 18.1 Å². The van der Waals surface area contributed by atoms with E-state index >= 15 is 0 Å². The zero-order valence-corrected chi connectivity index (χ0v) is 18.3. The lowest BCUT2D eigenvalue weighted by Crippen LogP contribution is -2.08. The molecule has 0 aliphatic rings. The third-order valence-corrected chi connectivity index (χ3v) is 6.29. The second kappa shape index (κ2) is 9.23. The highest BCUT2D eigenvalue weighted by molar-refractivity contribution is 8.01. The van der Waals surface area contributed by atoms with Gasteiger partial charge in [-0.1, -0.05) is 41.3 Å². The van der Waals surface area contributed by atoms with Crippen LogP contribution in [0.2, 0.25) is 0 Å². The van der Waals surface area contributed by atoms with Gasteiger partial charge in [-0.3, -0.25) is 4.79 Å². The summed E-state index contributed by atoms with van der Waals surface area (Å²) in [4.78, 5) is 27.8. The molecule has 1 aromatic carbocycles. The minimum Gasteiger partial charge on any atom is -0.462 e. The fraction of sp³-hybridized carbons (Fsp3) is 0.300. The van der Waals surface area contributed by atoms with Crippen molar-refractivity contribution in [1.82, 2.24) is 15.2 Å². The lowest BCUT2D eigenvalue weighted by atomic mass is 10.1. The third kappa shape index (κ3) is 4.86. The number of anilines is 2. The van der Waals surface area contributed by atoms with Crippen LogP contribution < -0.4 is 5.32 Å². The van der Waals surface area contributed by atoms with Crippen molar-refractivity contribution in [3.63, 3.8) is 0 Å². The molecule has 152 valence electrons. The number of ketones is 1. The van der Waals surface area contributed by atoms with Gasteiger partial charge in [0.25, 0.3) is 0 Å². The molecule has 0 spiro atoms. The van der Waals surface area contributed by atoms with E-state index in [4.69, 9.17) is 4.74 Å². The number of esters is 1. The Morgan fingerprint density at radius 1 is 1.21 bits per heavy atom. The summed E-state index contributed by atoms with van der Waals surface area (Å²) >= 11 is 2.71. The molecule has 0 saturated carbocycles. The van der Waals surface area contributed by atoms with Crippen LogP contribution in [0, 0.1) is 20.8 Å².